The van der Waals surface area contributed by atoms with Gasteiger partial charge in [-0.05, 0) is 35.9 Å². The number of halogens is 2. The molecule has 27 heavy (non-hydrogen) atoms. The van der Waals surface area contributed by atoms with Crippen molar-refractivity contribution in [2.24, 2.45) is 4.99 Å². The number of nitriles is 1. The molecule has 0 saturated carbocycles. The Labute approximate surface area is 154 Å². The third kappa shape index (κ3) is 4.89. The number of pyridine rings is 1. The van der Waals surface area contributed by atoms with Crippen LogP contribution in [0.15, 0.2) is 71.6 Å². The van der Waals surface area contributed by atoms with E-state index < -0.39 is 6.61 Å². The van der Waals surface area contributed by atoms with Crippen molar-refractivity contribution in [3.63, 3.8) is 0 Å². The summed E-state index contributed by atoms with van der Waals surface area (Å²) >= 11 is 0. The number of aliphatic imine (C=N–C) groups is 1. The molecule has 3 rings (SSSR count). The van der Waals surface area contributed by atoms with Crippen molar-refractivity contribution in [2.45, 2.75) is 13.2 Å². The highest BCUT2D eigenvalue weighted by Crippen LogP contribution is 2.17. The van der Waals surface area contributed by atoms with Gasteiger partial charge in [0.05, 0.1) is 17.9 Å². The molecule has 2 heterocycles. The topological polar surface area (TPSA) is 82.3 Å². The van der Waals surface area contributed by atoms with Crippen LogP contribution in [0.3, 0.4) is 0 Å². The van der Waals surface area contributed by atoms with Crippen molar-refractivity contribution in [3.8, 4) is 11.8 Å². The number of alkyl halides is 2. The molecule has 1 aromatic heterocycles. The SMILES string of the molecule is N#C/C(=C1/C=CNC(=NCc2ccc(OC(F)F)cc2)N1)c1ccccn1. The fourth-order valence-electron chi connectivity index (χ4n) is 2.35. The van der Waals surface area contributed by atoms with E-state index >= 15 is 0 Å². The Morgan fingerprint density at radius 3 is 2.70 bits per heavy atom. The monoisotopic (exact) mass is 367 g/mol. The van der Waals surface area contributed by atoms with Crippen LogP contribution in [0, 0.1) is 11.3 Å². The molecule has 0 fully saturated rings. The van der Waals surface area contributed by atoms with Gasteiger partial charge in [-0.1, -0.05) is 18.2 Å². The standard InChI is InChI=1S/C19H15F2N5O/c20-18(21)27-14-6-4-13(5-7-14)12-25-19-24-10-8-17(26-19)15(11-22)16-3-1-2-9-23-16/h1-10,18H,12H2,(H2,24,25,26)/b17-15+. The maximum atomic E-state index is 12.2. The first-order valence-electron chi connectivity index (χ1n) is 8.00. The number of nitrogens with zero attached hydrogens (tertiary/aromatic N) is 3. The zero-order valence-electron chi connectivity index (χ0n) is 14.1. The number of nitrogens with one attached hydrogen (secondary N) is 2. The molecule has 0 bridgehead atoms. The van der Waals surface area contributed by atoms with Gasteiger partial charge in [-0.2, -0.15) is 14.0 Å². The number of aromatic nitrogens is 1. The van der Waals surface area contributed by atoms with Gasteiger partial charge in [0.15, 0.2) is 5.96 Å². The van der Waals surface area contributed by atoms with E-state index in [1.165, 1.54) is 12.1 Å². The fourth-order valence-corrected chi connectivity index (χ4v) is 2.35. The number of guanidine groups is 1. The Balaban J connectivity index is 1.72. The summed E-state index contributed by atoms with van der Waals surface area (Å²) in [6.07, 6.45) is 5.02. The minimum atomic E-state index is -2.85. The van der Waals surface area contributed by atoms with Crippen LogP contribution in [0.25, 0.3) is 5.57 Å². The second-order valence-corrected chi connectivity index (χ2v) is 5.41. The summed E-state index contributed by atoms with van der Waals surface area (Å²) in [4.78, 5) is 8.59. The highest BCUT2D eigenvalue weighted by atomic mass is 19.3. The van der Waals surface area contributed by atoms with Crippen LogP contribution in [0.5, 0.6) is 5.75 Å². The van der Waals surface area contributed by atoms with E-state index in [1.54, 1.807) is 48.8 Å². The van der Waals surface area contributed by atoms with E-state index in [-0.39, 0.29) is 5.75 Å². The number of benzene rings is 1. The van der Waals surface area contributed by atoms with Gasteiger partial charge in [0.1, 0.15) is 17.4 Å². The molecule has 0 atom stereocenters. The van der Waals surface area contributed by atoms with E-state index in [4.69, 9.17) is 0 Å². The maximum absolute atomic E-state index is 12.2. The van der Waals surface area contributed by atoms with Crippen LogP contribution < -0.4 is 15.4 Å². The van der Waals surface area contributed by atoms with Gasteiger partial charge in [-0.25, -0.2) is 4.99 Å². The quantitative estimate of drug-likeness (QED) is 0.793. The minimum absolute atomic E-state index is 0.0949. The predicted octanol–water partition coefficient (Wildman–Crippen LogP) is 3.18. The Hall–Kier alpha value is -3.73. The largest absolute Gasteiger partial charge is 0.435 e. The summed E-state index contributed by atoms with van der Waals surface area (Å²) in [5.41, 5.74) is 2.35. The summed E-state index contributed by atoms with van der Waals surface area (Å²) < 4.78 is 28.6. The minimum Gasteiger partial charge on any atom is -0.435 e. The summed E-state index contributed by atoms with van der Waals surface area (Å²) in [7, 11) is 0. The van der Waals surface area contributed by atoms with Crippen molar-refractivity contribution >= 4 is 11.5 Å². The molecule has 0 radical (unpaired) electrons. The number of rotatable bonds is 5. The molecule has 0 amide bonds. The van der Waals surface area contributed by atoms with E-state index in [1.807, 2.05) is 0 Å². The first kappa shape index (κ1) is 18.1. The van der Waals surface area contributed by atoms with Gasteiger partial charge >= 0.3 is 6.61 Å². The molecule has 136 valence electrons. The van der Waals surface area contributed by atoms with E-state index in [0.29, 0.717) is 29.5 Å². The molecule has 6 nitrogen and oxygen atoms in total. The van der Waals surface area contributed by atoms with Crippen molar-refractivity contribution in [1.82, 2.24) is 15.6 Å². The molecule has 1 aliphatic heterocycles. The Bertz CT molecular complexity index is 915. The highest BCUT2D eigenvalue weighted by Gasteiger charge is 2.13. The number of hydrogen-bond acceptors (Lipinski definition) is 4. The van der Waals surface area contributed by atoms with Crippen molar-refractivity contribution in [3.05, 3.63) is 77.9 Å². The van der Waals surface area contributed by atoms with Gasteiger partial charge in [-0.15, -0.1) is 0 Å². The molecule has 0 aliphatic carbocycles. The van der Waals surface area contributed by atoms with Gasteiger partial charge in [0.2, 0.25) is 0 Å². The summed E-state index contributed by atoms with van der Waals surface area (Å²) in [6.45, 7) is -2.53. The molecule has 1 aliphatic rings. The third-order valence-electron chi connectivity index (χ3n) is 3.59. The molecule has 2 N–H and O–H groups in total. The van der Waals surface area contributed by atoms with E-state index in [2.05, 4.69) is 31.4 Å². The van der Waals surface area contributed by atoms with Gasteiger partial charge < -0.3 is 15.4 Å². The summed E-state index contributed by atoms with van der Waals surface area (Å²) in [5, 5.41) is 15.5. The highest BCUT2D eigenvalue weighted by molar-refractivity contribution is 5.89. The molecule has 0 spiro atoms. The lowest BCUT2D eigenvalue weighted by atomic mass is 10.1. The van der Waals surface area contributed by atoms with Gasteiger partial charge in [-0.3, -0.25) is 4.98 Å². The lowest BCUT2D eigenvalue weighted by molar-refractivity contribution is -0.0498. The lowest BCUT2D eigenvalue weighted by Gasteiger charge is -2.17. The van der Waals surface area contributed by atoms with E-state index in [0.717, 1.165) is 5.56 Å². The zero-order valence-corrected chi connectivity index (χ0v) is 14.1. The Morgan fingerprint density at radius 2 is 2.04 bits per heavy atom. The Morgan fingerprint density at radius 1 is 1.22 bits per heavy atom. The Kier molecular flexibility index (Phi) is 5.74. The number of ether oxygens (including phenoxy) is 1. The third-order valence-corrected chi connectivity index (χ3v) is 3.59. The first-order chi connectivity index (χ1) is 13.2. The summed E-state index contributed by atoms with van der Waals surface area (Å²) in [6, 6.07) is 13.7. The molecular formula is C19H15F2N5O. The molecule has 0 unspecified atom stereocenters. The smallest absolute Gasteiger partial charge is 0.387 e. The molecule has 2 aromatic rings. The second-order valence-electron chi connectivity index (χ2n) is 5.41. The zero-order chi connectivity index (χ0) is 19.1. The first-order valence-corrected chi connectivity index (χ1v) is 8.00. The average Bonchev–Trinajstić information content (AvgIpc) is 2.69. The van der Waals surface area contributed by atoms with Crippen LogP contribution in [0.4, 0.5) is 8.78 Å². The van der Waals surface area contributed by atoms with Gasteiger partial charge in [0.25, 0.3) is 0 Å². The normalized spacial score (nSPS) is 16.4. The lowest BCUT2D eigenvalue weighted by Crippen LogP contribution is -2.37. The fraction of sp³-hybridized carbons (Fsp3) is 0.105. The van der Waals surface area contributed by atoms with Crippen molar-refractivity contribution in [1.29, 1.82) is 5.26 Å². The van der Waals surface area contributed by atoms with Crippen LogP contribution in [-0.2, 0) is 6.54 Å². The molecule has 0 saturated heterocycles. The molecular weight excluding hydrogens is 352 g/mol. The maximum Gasteiger partial charge on any atom is 0.387 e. The molecule has 1 aromatic carbocycles. The van der Waals surface area contributed by atoms with Crippen LogP contribution in [-0.4, -0.2) is 17.6 Å². The molecule has 8 heteroatoms. The average molecular weight is 367 g/mol. The second kappa shape index (κ2) is 8.58. The predicted molar refractivity (Wildman–Crippen MR) is 96.4 cm³/mol. The van der Waals surface area contributed by atoms with Crippen molar-refractivity contribution < 1.29 is 13.5 Å². The van der Waals surface area contributed by atoms with E-state index in [9.17, 15) is 14.0 Å². The van der Waals surface area contributed by atoms with Crippen LogP contribution in [0.2, 0.25) is 0 Å². The van der Waals surface area contributed by atoms with Crippen LogP contribution >= 0.6 is 0 Å². The summed E-state index contributed by atoms with van der Waals surface area (Å²) in [5.74, 6) is 0.557. The van der Waals surface area contributed by atoms with Crippen molar-refractivity contribution in [2.75, 3.05) is 0 Å². The number of hydrogen-bond donors (Lipinski definition) is 2. The van der Waals surface area contributed by atoms with Crippen LogP contribution in [0.1, 0.15) is 11.3 Å². The number of allylic oxidation sites excluding steroid dienone is 2. The van der Waals surface area contributed by atoms with Gasteiger partial charge in [0, 0.05) is 12.4 Å².